The molecule has 2 aromatic heterocycles. The van der Waals surface area contributed by atoms with Gasteiger partial charge in [0.05, 0.1) is 11.1 Å². The maximum atomic E-state index is 6.01. The molecule has 0 saturated carbocycles. The fourth-order valence-electron chi connectivity index (χ4n) is 3.84. The monoisotopic (exact) mass is 511 g/mol. The van der Waals surface area contributed by atoms with Crippen molar-refractivity contribution in [2.24, 2.45) is 0 Å². The molecule has 26 heavy (non-hydrogen) atoms. The molecule has 0 bridgehead atoms. The Morgan fingerprint density at radius 3 is 2.65 bits per heavy atom. The average Bonchev–Trinajstić information content (AvgIpc) is 3.24. The molecule has 0 unspecified atom stereocenters. The van der Waals surface area contributed by atoms with Crippen molar-refractivity contribution in [3.63, 3.8) is 0 Å². The molecule has 0 spiro atoms. The average molecular weight is 511 g/mol. The predicted octanol–water partition coefficient (Wildman–Crippen LogP) is 6.08. The van der Waals surface area contributed by atoms with Gasteiger partial charge in [0.1, 0.15) is 5.58 Å². The molecule has 0 atom stereocenters. The van der Waals surface area contributed by atoms with Gasteiger partial charge in [-0.05, 0) is 34.3 Å². The topological polar surface area (TPSA) is 26.0 Å². The summed E-state index contributed by atoms with van der Waals surface area (Å²) in [6.45, 7) is 0. The van der Waals surface area contributed by atoms with Gasteiger partial charge in [0.15, 0.2) is 0 Å². The van der Waals surface area contributed by atoms with Crippen LogP contribution in [0.4, 0.5) is 0 Å². The summed E-state index contributed by atoms with van der Waals surface area (Å²) in [5, 5.41) is 3.41. The Balaban J connectivity index is 0.00000150. The van der Waals surface area contributed by atoms with Gasteiger partial charge in [-0.25, -0.2) is 0 Å². The number of hydrogen-bond acceptors (Lipinski definition) is 2. The second kappa shape index (κ2) is 5.63. The van der Waals surface area contributed by atoms with Crippen molar-refractivity contribution in [3.05, 3.63) is 77.9 Å². The molecule has 2 nitrogen and oxygen atoms in total. The summed E-state index contributed by atoms with van der Waals surface area (Å²) in [7, 11) is 0. The molecule has 1 radical (unpaired) electrons. The summed E-state index contributed by atoms with van der Waals surface area (Å²) in [4.78, 5) is 4.93. The van der Waals surface area contributed by atoms with Gasteiger partial charge in [-0.3, -0.25) is 4.98 Å². The number of furan rings is 1. The molecule has 1 aliphatic rings. The zero-order valence-corrected chi connectivity index (χ0v) is 16.0. The molecular formula is C23H12IrNO-. The fraction of sp³-hybridized carbons (Fsp3) is 0. The van der Waals surface area contributed by atoms with Crippen molar-refractivity contribution >= 4 is 45.0 Å². The molecule has 2 heterocycles. The third-order valence-corrected chi connectivity index (χ3v) is 4.93. The van der Waals surface area contributed by atoms with Crippen LogP contribution in [0.5, 0.6) is 0 Å². The van der Waals surface area contributed by atoms with E-state index in [0.29, 0.717) is 0 Å². The van der Waals surface area contributed by atoms with Crippen LogP contribution in [-0.4, -0.2) is 4.98 Å². The van der Waals surface area contributed by atoms with Crippen molar-refractivity contribution in [2.75, 3.05) is 0 Å². The number of pyridine rings is 1. The van der Waals surface area contributed by atoms with E-state index in [2.05, 4.69) is 48.6 Å². The minimum absolute atomic E-state index is 0. The molecule has 3 aromatic carbocycles. The molecule has 0 amide bonds. The standard InChI is InChI=1S/C23H12NO.Ir/c1-2-9-20-17(6-1)23-16(7-4-10-21(23)25-20)19-13-15-12-11-14-5-3-8-18(24-19)22(14)15;/h1-6,8-13H;/q-1;. The molecule has 125 valence electrons. The summed E-state index contributed by atoms with van der Waals surface area (Å²) in [6, 6.07) is 23.8. The van der Waals surface area contributed by atoms with E-state index in [0.717, 1.165) is 38.7 Å². The van der Waals surface area contributed by atoms with E-state index >= 15 is 0 Å². The first-order valence-electron chi connectivity index (χ1n) is 8.33. The first-order valence-corrected chi connectivity index (χ1v) is 8.33. The van der Waals surface area contributed by atoms with Crippen molar-refractivity contribution in [2.45, 2.75) is 0 Å². The Bertz CT molecular complexity index is 1350. The van der Waals surface area contributed by atoms with Crippen LogP contribution in [0.15, 0.2) is 65.1 Å². The van der Waals surface area contributed by atoms with Crippen LogP contribution < -0.4 is 0 Å². The van der Waals surface area contributed by atoms with Crippen LogP contribution in [0.2, 0.25) is 0 Å². The second-order valence-corrected chi connectivity index (χ2v) is 6.36. The van der Waals surface area contributed by atoms with E-state index < -0.39 is 0 Å². The van der Waals surface area contributed by atoms with Crippen molar-refractivity contribution in [1.29, 1.82) is 0 Å². The molecule has 0 fully saturated rings. The summed E-state index contributed by atoms with van der Waals surface area (Å²) in [5.74, 6) is 0. The third kappa shape index (κ3) is 2.05. The van der Waals surface area contributed by atoms with Gasteiger partial charge >= 0.3 is 0 Å². The first-order chi connectivity index (χ1) is 12.4. The quantitative estimate of drug-likeness (QED) is 0.251. The van der Waals surface area contributed by atoms with Gasteiger partial charge < -0.3 is 4.42 Å². The number of rotatable bonds is 1. The Labute approximate surface area is 163 Å². The Morgan fingerprint density at radius 1 is 0.808 bits per heavy atom. The SMILES string of the molecule is [Ir].[c-]1ccc2oc3ccccc3c2c1-c1cc2c3c(cccc3n1)C=C2. The minimum Gasteiger partial charge on any atom is -0.476 e. The van der Waals surface area contributed by atoms with E-state index in [1.807, 2.05) is 30.3 Å². The zero-order valence-electron chi connectivity index (χ0n) is 13.6. The summed E-state index contributed by atoms with van der Waals surface area (Å²) < 4.78 is 6.01. The van der Waals surface area contributed by atoms with Gasteiger partial charge in [-0.2, -0.15) is 0 Å². The molecule has 0 aliphatic heterocycles. The summed E-state index contributed by atoms with van der Waals surface area (Å²) in [6.07, 6.45) is 4.32. The van der Waals surface area contributed by atoms with Crippen molar-refractivity contribution in [3.8, 4) is 11.3 Å². The van der Waals surface area contributed by atoms with Gasteiger partial charge in [0.25, 0.3) is 0 Å². The van der Waals surface area contributed by atoms with Crippen LogP contribution >= 0.6 is 0 Å². The van der Waals surface area contributed by atoms with Gasteiger partial charge in [0.2, 0.25) is 0 Å². The van der Waals surface area contributed by atoms with E-state index in [1.165, 1.54) is 16.5 Å². The molecular weight excluding hydrogens is 498 g/mol. The van der Waals surface area contributed by atoms with E-state index in [-0.39, 0.29) is 20.1 Å². The van der Waals surface area contributed by atoms with Gasteiger partial charge in [0, 0.05) is 25.5 Å². The number of benzene rings is 3. The molecule has 0 N–H and O–H groups in total. The molecule has 0 saturated heterocycles. The number of hydrogen-bond donors (Lipinski definition) is 0. The molecule has 5 aromatic rings. The van der Waals surface area contributed by atoms with E-state index in [1.54, 1.807) is 0 Å². The van der Waals surface area contributed by atoms with Crippen LogP contribution in [0.25, 0.3) is 56.3 Å². The molecule has 6 rings (SSSR count). The third-order valence-electron chi connectivity index (χ3n) is 4.93. The van der Waals surface area contributed by atoms with Crippen LogP contribution in [0, 0.1) is 6.07 Å². The first kappa shape index (κ1) is 15.5. The Hall–Kier alpha value is -2.74. The predicted molar refractivity (Wildman–Crippen MR) is 102 cm³/mol. The maximum absolute atomic E-state index is 6.01. The number of nitrogens with zero attached hydrogens (tertiary/aromatic N) is 1. The Kier molecular flexibility index (Phi) is 3.36. The maximum Gasteiger partial charge on any atom is 0.123 e. The fourth-order valence-corrected chi connectivity index (χ4v) is 3.84. The number of aromatic nitrogens is 1. The zero-order chi connectivity index (χ0) is 16.4. The van der Waals surface area contributed by atoms with Crippen LogP contribution in [0.1, 0.15) is 11.1 Å². The van der Waals surface area contributed by atoms with Gasteiger partial charge in [-0.15, -0.1) is 17.7 Å². The van der Waals surface area contributed by atoms with E-state index in [9.17, 15) is 0 Å². The van der Waals surface area contributed by atoms with Crippen LogP contribution in [0.3, 0.4) is 0 Å². The van der Waals surface area contributed by atoms with Gasteiger partial charge in [-0.1, -0.05) is 60.0 Å². The minimum atomic E-state index is 0. The summed E-state index contributed by atoms with van der Waals surface area (Å²) in [5.41, 5.74) is 7.17. The van der Waals surface area contributed by atoms with Crippen LogP contribution in [-0.2, 0) is 20.1 Å². The normalized spacial score (nSPS) is 12.2. The Morgan fingerprint density at radius 2 is 1.69 bits per heavy atom. The second-order valence-electron chi connectivity index (χ2n) is 6.36. The van der Waals surface area contributed by atoms with Crippen molar-refractivity contribution < 1.29 is 24.5 Å². The number of fused-ring (bicyclic) bond motifs is 3. The smallest absolute Gasteiger partial charge is 0.123 e. The summed E-state index contributed by atoms with van der Waals surface area (Å²) >= 11 is 0. The van der Waals surface area contributed by atoms with Crippen molar-refractivity contribution in [1.82, 2.24) is 4.98 Å². The molecule has 1 aliphatic carbocycles. The number of para-hydroxylation sites is 1. The molecule has 3 heteroatoms. The largest absolute Gasteiger partial charge is 0.476 e. The van der Waals surface area contributed by atoms with E-state index in [4.69, 9.17) is 9.40 Å².